The van der Waals surface area contributed by atoms with Crippen LogP contribution < -0.4 is 0 Å². The first kappa shape index (κ1) is 16.3. The highest BCUT2D eigenvalue weighted by molar-refractivity contribution is 5.02. The number of nitrogens with zero attached hydrogens (tertiary/aromatic N) is 1. The molecule has 1 fully saturated rings. The predicted molar refractivity (Wildman–Crippen MR) is 59.0 cm³/mol. The molecule has 0 aliphatic heterocycles. The summed E-state index contributed by atoms with van der Waals surface area (Å²) in [5, 5.41) is 0. The summed E-state index contributed by atoms with van der Waals surface area (Å²) < 4.78 is 24.7. The van der Waals surface area contributed by atoms with E-state index in [4.69, 9.17) is 0 Å². The van der Waals surface area contributed by atoms with E-state index in [0.29, 0.717) is 0 Å². The molecule has 1 aliphatic carbocycles. The Balaban J connectivity index is 0. The molecule has 0 heterocycles. The second-order valence-corrected chi connectivity index (χ2v) is 3.60. The molecule has 0 radical (unpaired) electrons. The van der Waals surface area contributed by atoms with E-state index in [1.54, 1.807) is 0 Å². The fourth-order valence-corrected chi connectivity index (χ4v) is 1.38. The van der Waals surface area contributed by atoms with Crippen LogP contribution >= 0.6 is 0 Å². The number of hydrogen-bond acceptors (Lipinski definition) is 1. The summed E-state index contributed by atoms with van der Waals surface area (Å²) in [5.41, 5.74) is -0.260. The quantitative estimate of drug-likeness (QED) is 0.635. The second kappa shape index (κ2) is 6.33. The fourth-order valence-electron chi connectivity index (χ4n) is 1.38. The van der Waals surface area contributed by atoms with Crippen LogP contribution in [0.3, 0.4) is 0 Å². The van der Waals surface area contributed by atoms with Crippen molar-refractivity contribution in [2.24, 2.45) is 0 Å². The van der Waals surface area contributed by atoms with Crippen molar-refractivity contribution in [1.29, 1.82) is 0 Å². The van der Waals surface area contributed by atoms with Gasteiger partial charge in [0, 0.05) is 18.4 Å². The zero-order chi connectivity index (χ0) is 12.0. The normalized spacial score (nSPS) is 21.0. The minimum Gasteiger partial charge on any atom is -0.304 e. The van der Waals surface area contributed by atoms with Crippen molar-refractivity contribution >= 4 is 0 Å². The van der Waals surface area contributed by atoms with Gasteiger partial charge in [0.05, 0.1) is 0 Å². The van der Waals surface area contributed by atoms with Crippen molar-refractivity contribution in [3.05, 3.63) is 0 Å². The van der Waals surface area contributed by atoms with Crippen molar-refractivity contribution in [3.63, 3.8) is 0 Å². The van der Waals surface area contributed by atoms with Gasteiger partial charge in [0.2, 0.25) is 0 Å². The van der Waals surface area contributed by atoms with Crippen LogP contribution in [0.1, 0.15) is 47.5 Å². The van der Waals surface area contributed by atoms with Gasteiger partial charge >= 0.3 is 0 Å². The molecule has 88 valence electrons. The van der Waals surface area contributed by atoms with Crippen LogP contribution in [0.2, 0.25) is 0 Å². The topological polar surface area (TPSA) is 3.24 Å². The van der Waals surface area contributed by atoms with Crippen molar-refractivity contribution < 1.29 is 8.78 Å². The average Bonchev–Trinajstić information content (AvgIpc) is 2.08. The van der Waals surface area contributed by atoms with E-state index >= 15 is 0 Å². The van der Waals surface area contributed by atoms with Gasteiger partial charge in [-0.2, -0.15) is 0 Å². The zero-order valence-corrected chi connectivity index (χ0v) is 10.6. The standard InChI is InChI=1S/C7H13F2N.2C2H6/c1-6(10(2)3)4-7(8,9)5-6;2*1-2/h4-5H2,1-3H3;2*1-2H3. The summed E-state index contributed by atoms with van der Waals surface area (Å²) >= 11 is 0. The molecule has 0 saturated heterocycles. The van der Waals surface area contributed by atoms with E-state index in [-0.39, 0.29) is 18.4 Å². The summed E-state index contributed by atoms with van der Waals surface area (Å²) in [7, 11) is 3.68. The van der Waals surface area contributed by atoms with Crippen molar-refractivity contribution in [3.8, 4) is 0 Å². The molecule has 1 aliphatic rings. The highest BCUT2D eigenvalue weighted by atomic mass is 19.3. The predicted octanol–water partition coefficient (Wildman–Crippen LogP) is 3.79. The number of halogens is 2. The molecule has 1 nitrogen and oxygen atoms in total. The van der Waals surface area contributed by atoms with Gasteiger partial charge in [-0.3, -0.25) is 0 Å². The van der Waals surface area contributed by atoms with E-state index in [9.17, 15) is 8.78 Å². The first-order valence-electron chi connectivity index (χ1n) is 5.41. The maximum Gasteiger partial charge on any atom is 0.251 e. The van der Waals surface area contributed by atoms with Crippen LogP contribution in [0.5, 0.6) is 0 Å². The van der Waals surface area contributed by atoms with E-state index in [1.807, 2.05) is 53.6 Å². The van der Waals surface area contributed by atoms with Gasteiger partial charge in [0.1, 0.15) is 0 Å². The molecule has 0 spiro atoms. The Morgan fingerprint density at radius 1 is 0.929 bits per heavy atom. The lowest BCUT2D eigenvalue weighted by molar-refractivity contribution is -0.158. The fraction of sp³-hybridized carbons (Fsp3) is 1.00. The van der Waals surface area contributed by atoms with Gasteiger partial charge in [0.25, 0.3) is 5.92 Å². The molecule has 3 heteroatoms. The maximum atomic E-state index is 12.4. The number of rotatable bonds is 1. The van der Waals surface area contributed by atoms with Crippen LogP contribution in [0.25, 0.3) is 0 Å². The molecule has 0 bridgehead atoms. The monoisotopic (exact) mass is 209 g/mol. The van der Waals surface area contributed by atoms with Crippen molar-refractivity contribution in [2.45, 2.75) is 58.9 Å². The Morgan fingerprint density at radius 3 is 1.29 bits per heavy atom. The van der Waals surface area contributed by atoms with E-state index < -0.39 is 5.92 Å². The Hall–Kier alpha value is -0.180. The van der Waals surface area contributed by atoms with E-state index in [0.717, 1.165) is 0 Å². The Kier molecular flexibility index (Phi) is 7.35. The molecule has 0 N–H and O–H groups in total. The zero-order valence-electron chi connectivity index (χ0n) is 10.6. The van der Waals surface area contributed by atoms with Crippen LogP contribution in [0.15, 0.2) is 0 Å². The van der Waals surface area contributed by atoms with Gasteiger partial charge in [0.15, 0.2) is 0 Å². The Bertz CT molecular complexity index is 136. The highest BCUT2D eigenvalue weighted by Crippen LogP contribution is 2.47. The average molecular weight is 209 g/mol. The maximum absolute atomic E-state index is 12.4. The largest absolute Gasteiger partial charge is 0.304 e. The second-order valence-electron chi connectivity index (χ2n) is 3.60. The lowest BCUT2D eigenvalue weighted by atomic mass is 9.74. The van der Waals surface area contributed by atoms with E-state index in [1.165, 1.54) is 0 Å². The van der Waals surface area contributed by atoms with Crippen molar-refractivity contribution in [1.82, 2.24) is 4.90 Å². The summed E-state index contributed by atoms with van der Waals surface area (Å²) in [4.78, 5) is 1.87. The first-order chi connectivity index (χ1) is 6.36. The van der Waals surface area contributed by atoms with E-state index in [2.05, 4.69) is 0 Å². The molecule has 0 amide bonds. The minimum absolute atomic E-state index is 0.00694. The van der Waals surface area contributed by atoms with Gasteiger partial charge in [-0.25, -0.2) is 8.78 Å². The lowest BCUT2D eigenvalue weighted by Crippen LogP contribution is -2.57. The van der Waals surface area contributed by atoms with Gasteiger partial charge < -0.3 is 4.90 Å². The molecule has 14 heavy (non-hydrogen) atoms. The third kappa shape index (κ3) is 4.36. The Labute approximate surface area is 87.5 Å². The molecule has 0 unspecified atom stereocenters. The summed E-state index contributed by atoms with van der Waals surface area (Å²) in [6.07, 6.45) is 0.0139. The molecular weight excluding hydrogens is 184 g/mol. The third-order valence-corrected chi connectivity index (χ3v) is 2.36. The molecule has 1 rings (SSSR count). The summed E-state index contributed by atoms with van der Waals surface area (Å²) in [6, 6.07) is 0. The molecule has 1 saturated carbocycles. The van der Waals surface area contributed by atoms with Crippen molar-refractivity contribution in [2.75, 3.05) is 14.1 Å². The number of hydrogen-bond donors (Lipinski definition) is 0. The van der Waals surface area contributed by atoms with Crippen LogP contribution in [-0.2, 0) is 0 Å². The molecule has 0 aromatic rings. The smallest absolute Gasteiger partial charge is 0.251 e. The Morgan fingerprint density at radius 2 is 1.21 bits per heavy atom. The molecule has 0 aromatic heterocycles. The first-order valence-corrected chi connectivity index (χ1v) is 5.41. The highest BCUT2D eigenvalue weighted by Gasteiger charge is 2.54. The van der Waals surface area contributed by atoms with Gasteiger partial charge in [-0.05, 0) is 21.0 Å². The lowest BCUT2D eigenvalue weighted by Gasteiger charge is -2.49. The summed E-state index contributed by atoms with van der Waals surface area (Å²) in [5.74, 6) is -2.40. The third-order valence-electron chi connectivity index (χ3n) is 2.36. The summed E-state index contributed by atoms with van der Waals surface area (Å²) in [6.45, 7) is 9.87. The van der Waals surface area contributed by atoms with Crippen LogP contribution in [-0.4, -0.2) is 30.5 Å². The number of alkyl halides is 2. The van der Waals surface area contributed by atoms with Gasteiger partial charge in [-0.1, -0.05) is 27.7 Å². The minimum atomic E-state index is -2.40. The van der Waals surface area contributed by atoms with Crippen LogP contribution in [0, 0.1) is 0 Å². The van der Waals surface area contributed by atoms with Crippen LogP contribution in [0.4, 0.5) is 8.78 Å². The molecule has 0 atom stereocenters. The SMILES string of the molecule is CC.CC.CN(C)C1(C)CC(F)(F)C1. The molecular formula is C11H25F2N. The molecule has 0 aromatic carbocycles. The van der Waals surface area contributed by atoms with Gasteiger partial charge in [-0.15, -0.1) is 0 Å².